The first-order chi connectivity index (χ1) is 16.1. The number of benzene rings is 2. The van der Waals surface area contributed by atoms with Gasteiger partial charge in [0.1, 0.15) is 11.0 Å². The smallest absolute Gasteiger partial charge is 0.264 e. The lowest BCUT2D eigenvalue weighted by atomic mass is 9.85. The second kappa shape index (κ2) is 9.37. The van der Waals surface area contributed by atoms with Crippen molar-refractivity contribution in [1.29, 1.82) is 0 Å². The van der Waals surface area contributed by atoms with Gasteiger partial charge in [-0.15, -0.1) is 0 Å². The number of sulfonamides is 1. The molecule has 0 spiro atoms. The topological polar surface area (TPSA) is 94.1 Å². The molecule has 1 N–H and O–H groups in total. The van der Waals surface area contributed by atoms with Crippen LogP contribution in [0.3, 0.4) is 0 Å². The number of hydrogen-bond acceptors (Lipinski definition) is 6. The highest BCUT2D eigenvalue weighted by atomic mass is 35.5. The molecule has 0 aliphatic rings. The standard InChI is InChI=1S/C24H22Cl2N4O3S/c1-24(2,3)21(15-8-7-13-27-14-15)33-23-22(28-17-10-4-5-11-18(17)29-23)30-34(31,32)19-12-6-9-16(25)20(19)26/h4-14,21H,1-3H3,(H,28,30). The molecule has 176 valence electrons. The summed E-state index contributed by atoms with van der Waals surface area (Å²) >= 11 is 12.2. The van der Waals surface area contributed by atoms with Gasteiger partial charge in [-0.3, -0.25) is 9.71 Å². The third-order valence-electron chi connectivity index (χ3n) is 4.98. The largest absolute Gasteiger partial charge is 0.466 e. The number of anilines is 1. The zero-order valence-corrected chi connectivity index (χ0v) is 21.0. The monoisotopic (exact) mass is 516 g/mol. The van der Waals surface area contributed by atoms with Gasteiger partial charge in [-0.1, -0.05) is 68.2 Å². The zero-order chi connectivity index (χ0) is 24.5. The van der Waals surface area contributed by atoms with Gasteiger partial charge in [0.15, 0.2) is 0 Å². The van der Waals surface area contributed by atoms with Crippen LogP contribution in [0.2, 0.25) is 10.0 Å². The van der Waals surface area contributed by atoms with Crippen LogP contribution in [-0.4, -0.2) is 23.4 Å². The zero-order valence-electron chi connectivity index (χ0n) is 18.7. The third-order valence-corrected chi connectivity index (χ3v) is 7.29. The molecule has 34 heavy (non-hydrogen) atoms. The van der Waals surface area contributed by atoms with Crippen molar-refractivity contribution < 1.29 is 13.2 Å². The Balaban J connectivity index is 1.83. The van der Waals surface area contributed by atoms with E-state index in [1.54, 1.807) is 30.6 Å². The molecular formula is C24H22Cl2N4O3S. The third kappa shape index (κ3) is 5.09. The number of nitrogens with zero attached hydrogens (tertiary/aromatic N) is 3. The maximum absolute atomic E-state index is 13.2. The minimum Gasteiger partial charge on any atom is -0.466 e. The van der Waals surface area contributed by atoms with Gasteiger partial charge >= 0.3 is 0 Å². The van der Waals surface area contributed by atoms with E-state index < -0.39 is 16.1 Å². The lowest BCUT2D eigenvalue weighted by Crippen LogP contribution is -2.25. The summed E-state index contributed by atoms with van der Waals surface area (Å²) in [5.41, 5.74) is 1.50. The summed E-state index contributed by atoms with van der Waals surface area (Å²) in [5.74, 6) is -0.0305. The SMILES string of the molecule is CC(C)(C)C(Oc1nc2ccccc2nc1NS(=O)(=O)c1cccc(Cl)c1Cl)c1cccnc1. The number of ether oxygens (including phenoxy) is 1. The summed E-state index contributed by atoms with van der Waals surface area (Å²) < 4.78 is 35.3. The van der Waals surface area contributed by atoms with E-state index in [1.165, 1.54) is 18.2 Å². The Kier molecular flexibility index (Phi) is 6.66. The molecule has 2 aromatic heterocycles. The first-order valence-corrected chi connectivity index (χ1v) is 12.6. The number of para-hydroxylation sites is 2. The van der Waals surface area contributed by atoms with E-state index in [0.717, 1.165) is 5.56 Å². The van der Waals surface area contributed by atoms with E-state index in [9.17, 15) is 8.42 Å². The van der Waals surface area contributed by atoms with Gasteiger partial charge in [0.25, 0.3) is 15.9 Å². The van der Waals surface area contributed by atoms with Crippen molar-refractivity contribution in [3.8, 4) is 5.88 Å². The Labute approximate surface area is 208 Å². The lowest BCUT2D eigenvalue weighted by molar-refractivity contribution is 0.0826. The second-order valence-electron chi connectivity index (χ2n) is 8.67. The number of aromatic nitrogens is 3. The normalized spacial score (nSPS) is 13.0. The molecule has 0 aliphatic heterocycles. The quantitative estimate of drug-likeness (QED) is 0.323. The van der Waals surface area contributed by atoms with E-state index in [4.69, 9.17) is 27.9 Å². The Morgan fingerprint density at radius 3 is 2.29 bits per heavy atom. The van der Waals surface area contributed by atoms with Crippen LogP contribution in [0, 0.1) is 5.41 Å². The van der Waals surface area contributed by atoms with Crippen LogP contribution < -0.4 is 9.46 Å². The van der Waals surface area contributed by atoms with Crippen LogP contribution in [0.4, 0.5) is 5.82 Å². The average Bonchev–Trinajstić information content (AvgIpc) is 2.78. The fourth-order valence-electron chi connectivity index (χ4n) is 3.39. The van der Waals surface area contributed by atoms with Crippen LogP contribution in [0.15, 0.2) is 71.9 Å². The summed E-state index contributed by atoms with van der Waals surface area (Å²) in [6.45, 7) is 6.03. The fraction of sp³-hybridized carbons (Fsp3) is 0.208. The average molecular weight is 517 g/mol. The van der Waals surface area contributed by atoms with Crippen LogP contribution in [0.25, 0.3) is 11.0 Å². The van der Waals surface area contributed by atoms with E-state index in [2.05, 4.69) is 19.7 Å². The van der Waals surface area contributed by atoms with Crippen LogP contribution in [0.1, 0.15) is 32.4 Å². The molecule has 0 fully saturated rings. The summed E-state index contributed by atoms with van der Waals surface area (Å²) in [6.07, 6.45) is 2.89. The molecule has 7 nitrogen and oxygen atoms in total. The molecule has 1 atom stereocenters. The van der Waals surface area contributed by atoms with Crippen molar-refractivity contribution in [2.45, 2.75) is 31.8 Å². The summed E-state index contributed by atoms with van der Waals surface area (Å²) in [4.78, 5) is 13.1. The van der Waals surface area contributed by atoms with Gasteiger partial charge in [-0.25, -0.2) is 18.4 Å². The lowest BCUT2D eigenvalue weighted by Gasteiger charge is -2.31. The summed E-state index contributed by atoms with van der Waals surface area (Å²) in [5, 5.41) is 0.0331. The molecule has 0 bridgehead atoms. The molecule has 0 aliphatic carbocycles. The van der Waals surface area contributed by atoms with Gasteiger partial charge in [0.05, 0.1) is 21.1 Å². The fourth-order valence-corrected chi connectivity index (χ4v) is 5.16. The molecule has 0 saturated carbocycles. The van der Waals surface area contributed by atoms with E-state index in [1.807, 2.05) is 39.0 Å². The first-order valence-electron chi connectivity index (χ1n) is 10.4. The Morgan fingerprint density at radius 2 is 1.65 bits per heavy atom. The van der Waals surface area contributed by atoms with E-state index in [0.29, 0.717) is 11.0 Å². The predicted octanol–water partition coefficient (Wildman–Crippen LogP) is 6.30. The Bertz CT molecular complexity index is 1440. The highest BCUT2D eigenvalue weighted by Gasteiger charge is 2.31. The van der Waals surface area contributed by atoms with Crippen LogP contribution in [-0.2, 0) is 10.0 Å². The molecule has 0 radical (unpaired) electrons. The molecule has 4 aromatic rings. The van der Waals surface area contributed by atoms with E-state index >= 15 is 0 Å². The van der Waals surface area contributed by atoms with E-state index in [-0.39, 0.29) is 32.1 Å². The molecular weight excluding hydrogens is 495 g/mol. The minimum absolute atomic E-state index is 0.0317. The molecule has 10 heteroatoms. The second-order valence-corrected chi connectivity index (χ2v) is 11.1. The number of hydrogen-bond donors (Lipinski definition) is 1. The number of nitrogens with one attached hydrogen (secondary N) is 1. The molecule has 0 saturated heterocycles. The van der Waals surface area contributed by atoms with Crippen molar-refractivity contribution in [3.63, 3.8) is 0 Å². The first kappa shape index (κ1) is 24.2. The summed E-state index contributed by atoms with van der Waals surface area (Å²) in [7, 11) is -4.15. The predicted molar refractivity (Wildman–Crippen MR) is 134 cm³/mol. The number of rotatable bonds is 6. The van der Waals surface area contributed by atoms with Crippen LogP contribution >= 0.6 is 23.2 Å². The number of halogens is 2. The van der Waals surface area contributed by atoms with Crippen molar-refractivity contribution in [2.24, 2.45) is 5.41 Å². The van der Waals surface area contributed by atoms with Gasteiger partial charge in [-0.05, 0) is 30.3 Å². The molecule has 4 rings (SSSR count). The highest BCUT2D eigenvalue weighted by molar-refractivity contribution is 7.92. The Hall–Kier alpha value is -2.94. The maximum atomic E-state index is 13.2. The molecule has 0 amide bonds. The molecule has 2 aromatic carbocycles. The van der Waals surface area contributed by atoms with Gasteiger partial charge in [0.2, 0.25) is 5.82 Å². The number of fused-ring (bicyclic) bond motifs is 1. The highest BCUT2D eigenvalue weighted by Crippen LogP contribution is 2.39. The van der Waals surface area contributed by atoms with Gasteiger partial charge in [0, 0.05) is 23.4 Å². The number of pyridine rings is 1. The minimum atomic E-state index is -4.15. The van der Waals surface area contributed by atoms with Gasteiger partial charge < -0.3 is 4.74 Å². The van der Waals surface area contributed by atoms with Gasteiger partial charge in [-0.2, -0.15) is 0 Å². The van der Waals surface area contributed by atoms with Crippen molar-refractivity contribution in [2.75, 3.05) is 4.72 Å². The van der Waals surface area contributed by atoms with Crippen molar-refractivity contribution >= 4 is 50.1 Å². The summed E-state index contributed by atoms with van der Waals surface area (Å²) in [6, 6.07) is 15.2. The van der Waals surface area contributed by atoms with Crippen molar-refractivity contribution in [3.05, 3.63) is 82.6 Å². The molecule has 1 unspecified atom stereocenters. The maximum Gasteiger partial charge on any atom is 0.264 e. The Morgan fingerprint density at radius 1 is 0.941 bits per heavy atom. The molecule has 2 heterocycles. The van der Waals surface area contributed by atoms with Crippen molar-refractivity contribution in [1.82, 2.24) is 15.0 Å². The van der Waals surface area contributed by atoms with Crippen LogP contribution in [0.5, 0.6) is 5.88 Å².